The zero-order chi connectivity index (χ0) is 70.6. The number of aromatic nitrogens is 2. The van der Waals surface area contributed by atoms with Crippen molar-refractivity contribution in [3.63, 3.8) is 0 Å². The number of hydrogen-bond donors (Lipinski definition) is 3. The Balaban J connectivity index is 0.000000191. The molecule has 0 bridgehead atoms. The Morgan fingerprint density at radius 1 is 0.616 bits per heavy atom. The number of oxazole rings is 2. The van der Waals surface area contributed by atoms with Gasteiger partial charge in [-0.1, -0.05) is 164 Å². The monoisotopic (exact) mass is 1380 g/mol. The number of alkyl halides is 6. The largest absolute Gasteiger partial charge is 0.460 e. The molecule has 10 aromatic rings. The van der Waals surface area contributed by atoms with Crippen LogP contribution in [0.15, 0.2) is 240 Å². The number of nitrogens with two attached hydrogens (primary N) is 1. The van der Waals surface area contributed by atoms with E-state index in [4.69, 9.17) is 8.83 Å². The Morgan fingerprint density at radius 2 is 1.09 bits per heavy atom. The van der Waals surface area contributed by atoms with Crippen molar-refractivity contribution >= 4 is 76.3 Å². The molecule has 4 heterocycles. The highest BCUT2D eigenvalue weighted by molar-refractivity contribution is 6.38. The first-order valence-electron chi connectivity index (χ1n) is 31.0. The van der Waals surface area contributed by atoms with Gasteiger partial charge in [-0.05, 0) is 107 Å². The van der Waals surface area contributed by atoms with Gasteiger partial charge in [0.05, 0.1) is 61.0 Å². The fraction of sp³-hybridized carbons (Fsp3) is 0.224. The number of ether oxygens (including phenoxy) is 1. The molecule has 2 aromatic heterocycles. The summed E-state index contributed by atoms with van der Waals surface area (Å²) in [6, 6.07) is 62.5. The molecular weight excluding hydrogens is 1310 g/mol. The van der Waals surface area contributed by atoms with E-state index < -0.39 is 84.8 Å². The smallest absolute Gasteiger partial charge is 0.417 e. The highest BCUT2D eigenvalue weighted by Crippen LogP contribution is 2.45. The van der Waals surface area contributed by atoms with Gasteiger partial charge < -0.3 is 24.2 Å². The Morgan fingerprint density at radius 3 is 1.61 bits per heavy atom. The molecule has 1 atom stereocenters. The molecule has 0 radical (unpaired) electrons. The molecule has 4 N–H and O–H groups in total. The fourth-order valence-corrected chi connectivity index (χ4v) is 10.6. The van der Waals surface area contributed by atoms with Crippen LogP contribution in [0.25, 0.3) is 22.2 Å². The molecule has 2 aliphatic heterocycles. The fourth-order valence-electron chi connectivity index (χ4n) is 10.6. The van der Waals surface area contributed by atoms with Crippen LogP contribution in [0, 0.1) is 0 Å². The van der Waals surface area contributed by atoms with Gasteiger partial charge in [0.2, 0.25) is 5.78 Å². The van der Waals surface area contributed by atoms with Crippen LogP contribution in [-0.4, -0.2) is 107 Å². The third-order valence-electron chi connectivity index (χ3n) is 14.8. The van der Waals surface area contributed by atoms with Crippen LogP contribution in [0.5, 0.6) is 0 Å². The van der Waals surface area contributed by atoms with Crippen molar-refractivity contribution in [3.8, 4) is 0 Å². The highest BCUT2D eigenvalue weighted by atomic mass is 35.5. The van der Waals surface area contributed by atoms with Gasteiger partial charge in [0.15, 0.2) is 16.9 Å². The van der Waals surface area contributed by atoms with Gasteiger partial charge in [0.25, 0.3) is 23.7 Å². The van der Waals surface area contributed by atoms with Crippen LogP contribution in [0.3, 0.4) is 0 Å². The van der Waals surface area contributed by atoms with Crippen LogP contribution in [0.4, 0.5) is 26.3 Å². The van der Waals surface area contributed by atoms with Crippen LogP contribution in [0.1, 0.15) is 111 Å². The van der Waals surface area contributed by atoms with Gasteiger partial charge in [-0.15, -0.1) is 12.4 Å². The first-order chi connectivity index (χ1) is 46.8. The number of fused-ring (bicyclic) bond motifs is 2. The van der Waals surface area contributed by atoms with Gasteiger partial charge in [0, 0.05) is 49.3 Å². The van der Waals surface area contributed by atoms with E-state index in [0.717, 1.165) is 73.3 Å². The van der Waals surface area contributed by atoms with Crippen molar-refractivity contribution in [2.75, 3.05) is 32.8 Å². The number of aromatic amines is 2. The number of nitrogens with one attached hydrogen (secondary N) is 2. The van der Waals surface area contributed by atoms with E-state index in [-0.39, 0.29) is 36.7 Å². The number of hydrogen-bond acceptors (Lipinski definition) is 13. The Bertz CT molecular complexity index is 4630. The van der Waals surface area contributed by atoms with E-state index in [9.17, 15) is 59.9 Å². The maximum atomic E-state index is 14.3. The summed E-state index contributed by atoms with van der Waals surface area (Å²) < 4.78 is 91.4. The van der Waals surface area contributed by atoms with Crippen molar-refractivity contribution < 1.29 is 63.9 Å². The van der Waals surface area contributed by atoms with E-state index in [0.29, 0.717) is 45.5 Å². The average molecular weight is 1380 g/mol. The summed E-state index contributed by atoms with van der Waals surface area (Å²) in [7, 11) is 0. The lowest BCUT2D eigenvalue weighted by atomic mass is 9.90. The molecule has 0 saturated carbocycles. The quantitative estimate of drug-likeness (QED) is 0.0123. The molecule has 16 nitrogen and oxygen atoms in total. The summed E-state index contributed by atoms with van der Waals surface area (Å²) in [5, 5.41) is 0. The van der Waals surface area contributed by atoms with Gasteiger partial charge in [-0.25, -0.2) is 40.7 Å². The summed E-state index contributed by atoms with van der Waals surface area (Å²) in [5.41, 5.74) is 17.1. The lowest BCUT2D eigenvalue weighted by Crippen LogP contribution is -2.40. The number of rotatable bonds is 20. The van der Waals surface area contributed by atoms with Crippen molar-refractivity contribution in [2.45, 2.75) is 77.2 Å². The molecule has 1 unspecified atom stereocenters. The summed E-state index contributed by atoms with van der Waals surface area (Å²) in [4.78, 5) is 96.4. The summed E-state index contributed by atoms with van der Waals surface area (Å²) in [6.07, 6.45) is 4.13. The predicted molar refractivity (Wildman–Crippen MR) is 370 cm³/mol. The maximum Gasteiger partial charge on any atom is 0.417 e. The van der Waals surface area contributed by atoms with E-state index in [2.05, 4.69) is 54.7 Å². The number of halogens is 7. The van der Waals surface area contributed by atoms with Gasteiger partial charge >= 0.3 is 17.5 Å². The minimum absolute atomic E-state index is 0. The molecule has 99 heavy (non-hydrogen) atoms. The number of esters is 1. The first-order valence-corrected chi connectivity index (χ1v) is 31.0. The van der Waals surface area contributed by atoms with Gasteiger partial charge in [-0.2, -0.15) is 0 Å². The second-order valence-corrected chi connectivity index (χ2v) is 23.3. The number of benzene rings is 8. The van der Waals surface area contributed by atoms with Crippen LogP contribution < -0.4 is 17.2 Å². The molecule has 1 amide bonds. The number of amides is 1. The van der Waals surface area contributed by atoms with E-state index >= 15 is 0 Å². The van der Waals surface area contributed by atoms with Crippen LogP contribution >= 0.6 is 12.4 Å². The molecule has 8 aromatic carbocycles. The molecular formula is C76H71ClF6N6O10. The number of para-hydroxylation sites is 2. The number of carbonyl (C=O) groups is 5. The SMILES string of the molecule is CC(F)(F)CN.CC(F)(F)CN1C(=O)C2=C(C(c3cccc4[nH]c(=O)oc34)=NC2)C1c1cccc(Cc2ccccc2)c1.CC(F)(F)CN=Cc1cccc(Cc2ccccc2)c1.CCOC(=O)C(=O)CC(=O)c1cccc2[nH]c(=O)oc12.Cl.O=Cc1cccc(Cc2ccccc2)c1. The summed E-state index contributed by atoms with van der Waals surface area (Å²) >= 11 is 0. The lowest BCUT2D eigenvalue weighted by molar-refractivity contribution is -0.153. The normalized spacial score (nSPS) is 13.3. The minimum Gasteiger partial charge on any atom is -0.460 e. The van der Waals surface area contributed by atoms with Crippen LogP contribution in [-0.2, 0) is 38.4 Å². The number of nitrogens with zero attached hydrogens (tertiary/aromatic N) is 3. The molecule has 514 valence electrons. The molecule has 23 heteroatoms. The van der Waals surface area contributed by atoms with Crippen LogP contribution in [0.2, 0.25) is 0 Å². The Labute approximate surface area is 571 Å². The Kier molecular flexibility index (Phi) is 26.6. The molecule has 0 saturated heterocycles. The predicted octanol–water partition coefficient (Wildman–Crippen LogP) is 14.3. The lowest BCUT2D eigenvalue weighted by Gasteiger charge is -2.30. The maximum absolute atomic E-state index is 14.3. The number of Topliss-reactive ketones (excluding diaryl/α,β-unsaturated/α-hetero) is 2. The van der Waals surface area contributed by atoms with E-state index in [1.54, 1.807) is 31.2 Å². The van der Waals surface area contributed by atoms with Crippen molar-refractivity contribution in [1.82, 2.24) is 14.9 Å². The van der Waals surface area contributed by atoms with Crippen molar-refractivity contribution in [1.29, 1.82) is 0 Å². The zero-order valence-electron chi connectivity index (χ0n) is 54.3. The first kappa shape index (κ1) is 75.5. The summed E-state index contributed by atoms with van der Waals surface area (Å²) in [6.45, 7) is 2.41. The van der Waals surface area contributed by atoms with Gasteiger partial charge in [0.1, 0.15) is 12.8 Å². The third kappa shape index (κ3) is 22.4. The second kappa shape index (κ2) is 34.9. The molecule has 12 rings (SSSR count). The molecule has 0 spiro atoms. The second-order valence-electron chi connectivity index (χ2n) is 23.3. The highest BCUT2D eigenvalue weighted by Gasteiger charge is 2.47. The zero-order valence-corrected chi connectivity index (χ0v) is 55.1. The topological polar surface area (TPSA) is 241 Å². The number of aliphatic imine (C=N–C) groups is 2. The Hall–Kier alpha value is -10.8. The number of H-pyrrole nitrogens is 2. The minimum atomic E-state index is -3.08. The number of ketones is 2. The van der Waals surface area contributed by atoms with Crippen molar-refractivity contribution in [2.24, 2.45) is 15.7 Å². The molecule has 0 aliphatic carbocycles. The molecule has 0 fully saturated rings. The number of aldehydes is 1. The van der Waals surface area contributed by atoms with Crippen molar-refractivity contribution in [3.05, 3.63) is 294 Å². The van der Waals surface area contributed by atoms with Gasteiger partial charge in [-0.3, -0.25) is 39.1 Å². The summed E-state index contributed by atoms with van der Waals surface area (Å²) in [5.74, 6) is -12.9. The van der Waals surface area contributed by atoms with E-state index in [1.807, 2.05) is 140 Å². The molecule has 2 aliphatic rings. The van der Waals surface area contributed by atoms with E-state index in [1.165, 1.54) is 39.9 Å². The third-order valence-corrected chi connectivity index (χ3v) is 14.8. The number of carbonyl (C=O) groups excluding carboxylic acids is 5. The standard InChI is InChI=1S/C29H23F2N3O3.C17H17F2N.C14H12O.C13H11NO6.C3H7F2N.ClH/c1-29(30,31)16-34-25(19-10-5-9-18(14-19)13-17-7-3-2-4-8-17)23-21(27(34)35)15-32-24(23)20-11-6-12-22-26(20)37-28(36)33-22;1-17(18,19)13-20-12-16-9-5-8-15(11-16)10-14-6-3-2-4-7-14;15-11-14-8-4-7-13(10-14)9-12-5-2-1-3-6-12;1-2-19-12(17)10(16)6-9(15)7-4-3-5-8-11(7)20-13(18)14-8;1-3(4,5)2-6;/h2-12,14,25H,13,15-16H2,1H3,(H,33,36);2-9,11-12H,10,13H2,1H3;1-8,10-11H,9H2;3-5H,2,6H2,1H3,(H,14,18);2,6H2,1H3;1H. The average Bonchev–Trinajstić information content (AvgIpc) is 1.58.